The molecule has 0 amide bonds. The molecule has 0 aliphatic carbocycles. The van der Waals surface area contributed by atoms with Gasteiger partial charge in [-0.15, -0.1) is 0 Å². The lowest BCUT2D eigenvalue weighted by molar-refractivity contribution is 0.100. The predicted octanol–water partition coefficient (Wildman–Crippen LogP) is 2.06. The molecule has 2 unspecified atom stereocenters. The zero-order valence-electron chi connectivity index (χ0n) is 10.3. The molecular weight excluding hydrogens is 194 g/mol. The van der Waals surface area contributed by atoms with Crippen molar-refractivity contribution in [2.75, 3.05) is 0 Å². The van der Waals surface area contributed by atoms with Crippen molar-refractivity contribution in [3.63, 3.8) is 0 Å². The molecule has 2 atom stereocenters. The number of hydrogen-bond donors (Lipinski definition) is 2. The quantitative estimate of drug-likeness (QED) is 0.562. The monoisotopic (exact) mass is 219 g/mol. The van der Waals surface area contributed by atoms with Crippen molar-refractivity contribution < 1.29 is 9.53 Å². The zero-order valence-corrected chi connectivity index (χ0v) is 11.3. The Morgan fingerprint density at radius 1 is 1.36 bits per heavy atom. The normalized spacial score (nSPS) is 18.0. The fourth-order valence-electron chi connectivity index (χ4n) is 0.940. The molecule has 0 fully saturated rings. The van der Waals surface area contributed by atoms with E-state index >= 15 is 0 Å². The van der Waals surface area contributed by atoms with E-state index in [1.165, 1.54) is 0 Å². The van der Waals surface area contributed by atoms with E-state index in [9.17, 15) is 5.11 Å². The Bertz CT molecular complexity index is 175. The summed E-state index contributed by atoms with van der Waals surface area (Å²) >= 11 is 0. The van der Waals surface area contributed by atoms with Gasteiger partial charge in [-0.25, -0.2) is 0 Å². The first-order valence-electron chi connectivity index (χ1n) is 5.18. The Kier molecular flexibility index (Phi) is 4.78. The van der Waals surface area contributed by atoms with E-state index in [0.717, 1.165) is 0 Å². The number of aliphatic hydroxyl groups excluding tert-OH is 1. The first-order chi connectivity index (χ1) is 6.06. The van der Waals surface area contributed by atoms with Crippen molar-refractivity contribution in [3.05, 3.63) is 0 Å². The van der Waals surface area contributed by atoms with Gasteiger partial charge in [-0.05, 0) is 25.1 Å². The first-order valence-corrected chi connectivity index (χ1v) is 8.08. The van der Waals surface area contributed by atoms with Gasteiger partial charge in [-0.3, -0.25) is 0 Å². The number of aliphatic hydroxyl groups is 1. The van der Waals surface area contributed by atoms with Gasteiger partial charge in [0.2, 0.25) is 0 Å². The van der Waals surface area contributed by atoms with Gasteiger partial charge in [0.05, 0.1) is 12.3 Å². The van der Waals surface area contributed by atoms with Gasteiger partial charge in [-0.2, -0.15) is 0 Å². The summed E-state index contributed by atoms with van der Waals surface area (Å²) in [5, 5.41) is 9.35. The van der Waals surface area contributed by atoms with Gasteiger partial charge < -0.3 is 15.3 Å². The van der Waals surface area contributed by atoms with Gasteiger partial charge in [-0.1, -0.05) is 20.8 Å². The van der Waals surface area contributed by atoms with E-state index < -0.39 is 14.4 Å². The summed E-state index contributed by atoms with van der Waals surface area (Å²) < 4.78 is 5.87. The highest BCUT2D eigenvalue weighted by Crippen LogP contribution is 2.37. The lowest BCUT2D eigenvalue weighted by Gasteiger charge is -2.38. The molecule has 0 aliphatic heterocycles. The first kappa shape index (κ1) is 14.1. The lowest BCUT2D eigenvalue weighted by Crippen LogP contribution is -2.47. The van der Waals surface area contributed by atoms with Crippen LogP contribution in [0.25, 0.3) is 0 Å². The summed E-state index contributed by atoms with van der Waals surface area (Å²) in [6.07, 6.45) is -0.224. The molecule has 86 valence electrons. The molecule has 0 aromatic carbocycles. The van der Waals surface area contributed by atoms with E-state index in [1.54, 1.807) is 6.92 Å². The van der Waals surface area contributed by atoms with Crippen LogP contribution in [0.5, 0.6) is 0 Å². The maximum atomic E-state index is 9.18. The predicted molar refractivity (Wildman–Crippen MR) is 62.6 cm³/mol. The average molecular weight is 219 g/mol. The molecule has 0 rings (SSSR count). The minimum absolute atomic E-state index is 0.170. The van der Waals surface area contributed by atoms with E-state index in [0.29, 0.717) is 6.42 Å². The molecular formula is C10H25NO2Si. The molecule has 0 radical (unpaired) electrons. The largest absolute Gasteiger partial charge is 0.402 e. The van der Waals surface area contributed by atoms with Crippen LogP contribution in [0.4, 0.5) is 0 Å². The highest BCUT2D eigenvalue weighted by Gasteiger charge is 2.38. The number of hydrogen-bond acceptors (Lipinski definition) is 3. The van der Waals surface area contributed by atoms with Crippen molar-refractivity contribution in [2.45, 2.75) is 64.6 Å². The number of nitrogens with two attached hydrogens (primary N) is 1. The van der Waals surface area contributed by atoms with E-state index in [2.05, 4.69) is 33.9 Å². The van der Waals surface area contributed by atoms with Gasteiger partial charge in [0, 0.05) is 6.42 Å². The molecule has 0 aromatic heterocycles. The summed E-state index contributed by atoms with van der Waals surface area (Å²) in [5.41, 5.74) is 5.81. The van der Waals surface area contributed by atoms with Crippen molar-refractivity contribution >= 4 is 8.32 Å². The zero-order chi connectivity index (χ0) is 11.6. The van der Waals surface area contributed by atoms with Crippen LogP contribution < -0.4 is 5.73 Å². The van der Waals surface area contributed by atoms with E-state index in [1.807, 2.05) is 0 Å². The topological polar surface area (TPSA) is 55.5 Å². The highest BCUT2D eigenvalue weighted by atomic mass is 28.4. The van der Waals surface area contributed by atoms with E-state index in [4.69, 9.17) is 10.2 Å². The Balaban J connectivity index is 4.22. The Hall–Kier alpha value is 0.0969. The van der Waals surface area contributed by atoms with Crippen LogP contribution in [-0.4, -0.2) is 25.8 Å². The van der Waals surface area contributed by atoms with Gasteiger partial charge in [0.1, 0.15) is 0 Å². The second-order valence-electron chi connectivity index (χ2n) is 5.50. The Morgan fingerprint density at radius 2 is 1.79 bits per heavy atom. The summed E-state index contributed by atoms with van der Waals surface area (Å²) in [6.45, 7) is 12.6. The fourth-order valence-corrected chi connectivity index (χ4v) is 2.15. The molecule has 14 heavy (non-hydrogen) atoms. The molecule has 4 heteroatoms. The van der Waals surface area contributed by atoms with Crippen LogP contribution in [0.1, 0.15) is 34.1 Å². The van der Waals surface area contributed by atoms with Crippen LogP contribution in [0.3, 0.4) is 0 Å². The third kappa shape index (κ3) is 4.55. The highest BCUT2D eigenvalue weighted by molar-refractivity contribution is 6.74. The molecule has 0 bridgehead atoms. The van der Waals surface area contributed by atoms with Gasteiger partial charge >= 0.3 is 0 Å². The van der Waals surface area contributed by atoms with Crippen LogP contribution in [0.2, 0.25) is 18.1 Å². The molecule has 0 saturated carbocycles. The molecule has 0 aliphatic rings. The van der Waals surface area contributed by atoms with Crippen molar-refractivity contribution in [1.29, 1.82) is 0 Å². The summed E-state index contributed by atoms with van der Waals surface area (Å²) in [7, 11) is -1.77. The summed E-state index contributed by atoms with van der Waals surface area (Å²) in [5.74, 6) is 0. The standard InChI is InChI=1S/C10H25NO2Si/c1-8(12)7-9(11)13-14(5,6)10(2,3)4/h8-9,12H,7,11H2,1-6H3. The smallest absolute Gasteiger partial charge is 0.194 e. The summed E-state index contributed by atoms with van der Waals surface area (Å²) in [4.78, 5) is 0. The molecule has 0 heterocycles. The molecule has 0 spiro atoms. The maximum Gasteiger partial charge on any atom is 0.194 e. The number of rotatable bonds is 4. The second kappa shape index (κ2) is 4.75. The van der Waals surface area contributed by atoms with Gasteiger partial charge in [0.15, 0.2) is 8.32 Å². The molecule has 0 aromatic rings. The van der Waals surface area contributed by atoms with Crippen molar-refractivity contribution in [2.24, 2.45) is 5.73 Å². The third-order valence-corrected chi connectivity index (χ3v) is 7.33. The van der Waals surface area contributed by atoms with Gasteiger partial charge in [0.25, 0.3) is 0 Å². The third-order valence-electron chi connectivity index (χ3n) is 2.83. The fraction of sp³-hybridized carbons (Fsp3) is 1.00. The summed E-state index contributed by atoms with van der Waals surface area (Å²) in [6, 6.07) is 0. The molecule has 3 N–H and O–H groups in total. The maximum absolute atomic E-state index is 9.18. The van der Waals surface area contributed by atoms with Crippen LogP contribution in [-0.2, 0) is 4.43 Å². The Labute approximate surface area is 88.8 Å². The van der Waals surface area contributed by atoms with Crippen molar-refractivity contribution in [1.82, 2.24) is 0 Å². The molecule has 3 nitrogen and oxygen atoms in total. The van der Waals surface area contributed by atoms with Crippen LogP contribution in [0.15, 0.2) is 0 Å². The second-order valence-corrected chi connectivity index (χ2v) is 10.3. The Morgan fingerprint density at radius 3 is 2.07 bits per heavy atom. The SMILES string of the molecule is CC(O)CC(N)O[Si](C)(C)C(C)(C)C. The van der Waals surface area contributed by atoms with E-state index in [-0.39, 0.29) is 11.3 Å². The van der Waals surface area contributed by atoms with Crippen molar-refractivity contribution in [3.8, 4) is 0 Å². The molecule has 0 saturated heterocycles. The minimum atomic E-state index is -1.77. The van der Waals surface area contributed by atoms with Crippen LogP contribution >= 0.6 is 0 Å². The minimum Gasteiger partial charge on any atom is -0.402 e. The lowest BCUT2D eigenvalue weighted by atomic mass is 10.2. The van der Waals surface area contributed by atoms with Crippen LogP contribution in [0, 0.1) is 0 Å². The average Bonchev–Trinajstić information content (AvgIpc) is 1.79.